The number of piperidine rings is 1. The highest BCUT2D eigenvalue weighted by Crippen LogP contribution is 2.27. The Balaban J connectivity index is 1.29. The normalized spacial score (nSPS) is 18.7. The van der Waals surface area contributed by atoms with Crippen LogP contribution in [-0.2, 0) is 14.8 Å². The number of nitrogens with one attached hydrogen (secondary N) is 2. The highest BCUT2D eigenvalue weighted by molar-refractivity contribution is 7.89. The van der Waals surface area contributed by atoms with Gasteiger partial charge in [0.2, 0.25) is 15.9 Å². The van der Waals surface area contributed by atoms with Crippen molar-refractivity contribution >= 4 is 27.3 Å². The summed E-state index contributed by atoms with van der Waals surface area (Å²) < 4.78 is 53.3. The van der Waals surface area contributed by atoms with E-state index in [1.54, 1.807) is 0 Å². The van der Waals surface area contributed by atoms with Gasteiger partial charge in [-0.3, -0.25) is 4.79 Å². The molecule has 0 unspecified atom stereocenters. The fourth-order valence-electron chi connectivity index (χ4n) is 4.52. The molecule has 0 bridgehead atoms. The lowest BCUT2D eigenvalue weighted by atomic mass is 9.95. The van der Waals surface area contributed by atoms with Gasteiger partial charge in [0.1, 0.15) is 0 Å². The number of hydrogen-bond donors (Lipinski definition) is 2. The van der Waals surface area contributed by atoms with Gasteiger partial charge in [-0.2, -0.15) is 4.31 Å². The molecule has 1 heterocycles. The first-order chi connectivity index (χ1) is 15.8. The Hall–Kier alpha value is -2.52. The molecule has 0 atom stereocenters. The largest absolute Gasteiger partial charge is 0.382 e. The molecular weight excluding hydrogens is 448 g/mol. The second-order valence-corrected chi connectivity index (χ2v) is 10.7. The highest BCUT2D eigenvalue weighted by Gasteiger charge is 2.32. The molecule has 2 aromatic carbocycles. The summed E-state index contributed by atoms with van der Waals surface area (Å²) in [7, 11) is -3.94. The lowest BCUT2D eigenvalue weighted by Gasteiger charge is -2.30. The molecule has 6 nitrogen and oxygen atoms in total. The number of rotatable bonds is 6. The van der Waals surface area contributed by atoms with Crippen molar-refractivity contribution in [1.29, 1.82) is 0 Å². The second-order valence-electron chi connectivity index (χ2n) is 8.80. The molecule has 9 heteroatoms. The van der Waals surface area contributed by atoms with Gasteiger partial charge in [-0.25, -0.2) is 17.2 Å². The van der Waals surface area contributed by atoms with Crippen LogP contribution in [-0.4, -0.2) is 37.8 Å². The van der Waals surface area contributed by atoms with Crippen molar-refractivity contribution in [3.63, 3.8) is 0 Å². The predicted octanol–water partition coefficient (Wildman–Crippen LogP) is 4.75. The number of hydrogen-bond acceptors (Lipinski definition) is 4. The van der Waals surface area contributed by atoms with Crippen LogP contribution in [0, 0.1) is 17.6 Å². The first-order valence-electron chi connectivity index (χ1n) is 11.5. The van der Waals surface area contributed by atoms with E-state index < -0.39 is 21.7 Å². The first kappa shape index (κ1) is 23.6. The van der Waals surface area contributed by atoms with Crippen LogP contribution >= 0.6 is 0 Å². The van der Waals surface area contributed by atoms with E-state index >= 15 is 0 Å². The van der Waals surface area contributed by atoms with Gasteiger partial charge < -0.3 is 10.6 Å². The zero-order valence-electron chi connectivity index (χ0n) is 18.4. The molecule has 0 spiro atoms. The van der Waals surface area contributed by atoms with Crippen LogP contribution < -0.4 is 10.6 Å². The SMILES string of the molecule is O=C(Nc1ccc(NC2CCCCC2)cc1)C1CCN(S(=O)(=O)c2ccc(F)c(F)c2)CC1. The number of amides is 1. The Labute approximate surface area is 193 Å². The van der Waals surface area contributed by atoms with Crippen molar-refractivity contribution in [2.45, 2.75) is 55.9 Å². The number of halogens is 2. The van der Waals surface area contributed by atoms with E-state index in [1.165, 1.54) is 36.4 Å². The van der Waals surface area contributed by atoms with E-state index in [-0.39, 0.29) is 29.8 Å². The third kappa shape index (κ3) is 5.70. The maximum absolute atomic E-state index is 13.5. The van der Waals surface area contributed by atoms with Gasteiger partial charge in [-0.1, -0.05) is 19.3 Å². The zero-order chi connectivity index (χ0) is 23.4. The molecule has 4 rings (SSSR count). The number of nitrogens with zero attached hydrogens (tertiary/aromatic N) is 1. The summed E-state index contributed by atoms with van der Waals surface area (Å²) in [5.74, 6) is -2.76. The third-order valence-electron chi connectivity index (χ3n) is 6.48. The first-order valence-corrected chi connectivity index (χ1v) is 12.9. The van der Waals surface area contributed by atoms with Gasteiger partial charge >= 0.3 is 0 Å². The van der Waals surface area contributed by atoms with Crippen molar-refractivity contribution in [1.82, 2.24) is 4.31 Å². The molecule has 1 aliphatic heterocycles. The van der Waals surface area contributed by atoms with E-state index in [4.69, 9.17) is 0 Å². The van der Waals surface area contributed by atoms with E-state index in [9.17, 15) is 22.0 Å². The van der Waals surface area contributed by atoms with E-state index in [0.717, 1.165) is 17.8 Å². The van der Waals surface area contributed by atoms with Gasteiger partial charge in [0, 0.05) is 36.4 Å². The summed E-state index contributed by atoms with van der Waals surface area (Å²) in [6.45, 7) is 0.285. The van der Waals surface area contributed by atoms with Crippen molar-refractivity contribution in [2.24, 2.45) is 5.92 Å². The Morgan fingerprint density at radius 2 is 1.48 bits per heavy atom. The van der Waals surface area contributed by atoms with E-state index in [2.05, 4.69) is 10.6 Å². The summed E-state index contributed by atoms with van der Waals surface area (Å²) in [5.41, 5.74) is 1.74. The Morgan fingerprint density at radius 3 is 2.12 bits per heavy atom. The number of anilines is 2. The summed E-state index contributed by atoms with van der Waals surface area (Å²) in [5, 5.41) is 6.46. The average molecular weight is 478 g/mol. The van der Waals surface area contributed by atoms with Crippen LogP contribution in [0.15, 0.2) is 47.4 Å². The van der Waals surface area contributed by atoms with Gasteiger partial charge in [0.05, 0.1) is 4.90 Å². The lowest BCUT2D eigenvalue weighted by molar-refractivity contribution is -0.120. The molecule has 0 radical (unpaired) electrons. The summed E-state index contributed by atoms with van der Waals surface area (Å²) >= 11 is 0. The highest BCUT2D eigenvalue weighted by atomic mass is 32.2. The van der Waals surface area contributed by atoms with Gasteiger partial charge in [-0.05, 0) is 68.1 Å². The van der Waals surface area contributed by atoms with Crippen molar-refractivity contribution in [3.05, 3.63) is 54.1 Å². The molecule has 2 aliphatic rings. The molecule has 1 saturated carbocycles. The molecule has 2 fully saturated rings. The minimum atomic E-state index is -3.94. The van der Waals surface area contributed by atoms with E-state index in [0.29, 0.717) is 30.6 Å². The van der Waals surface area contributed by atoms with Crippen molar-refractivity contribution in [3.8, 4) is 0 Å². The molecule has 2 N–H and O–H groups in total. The topological polar surface area (TPSA) is 78.5 Å². The quantitative estimate of drug-likeness (QED) is 0.630. The number of benzene rings is 2. The standard InChI is InChI=1S/C24H29F2N3O3S/c25-22-11-10-21(16-23(22)26)33(31,32)29-14-12-17(13-15-29)24(30)28-20-8-6-19(7-9-20)27-18-4-2-1-3-5-18/h6-11,16-18,27H,1-5,12-15H2,(H,28,30). The molecule has 0 aromatic heterocycles. The Bertz CT molecular complexity index is 1080. The third-order valence-corrected chi connectivity index (χ3v) is 8.38. The number of sulfonamides is 1. The molecule has 178 valence electrons. The Kier molecular flexibility index (Phi) is 7.29. The van der Waals surface area contributed by atoms with Crippen LogP contribution in [0.25, 0.3) is 0 Å². The summed E-state index contributed by atoms with van der Waals surface area (Å²) in [6, 6.07) is 10.7. The predicted molar refractivity (Wildman–Crippen MR) is 123 cm³/mol. The number of carbonyl (C=O) groups excluding carboxylic acids is 1. The molecule has 1 amide bonds. The minimum Gasteiger partial charge on any atom is -0.382 e. The Morgan fingerprint density at radius 1 is 0.848 bits per heavy atom. The maximum Gasteiger partial charge on any atom is 0.243 e. The molecule has 33 heavy (non-hydrogen) atoms. The van der Waals surface area contributed by atoms with Crippen LogP contribution in [0.5, 0.6) is 0 Å². The molecule has 1 aliphatic carbocycles. The minimum absolute atomic E-state index is 0.143. The van der Waals surface area contributed by atoms with Gasteiger partial charge in [-0.15, -0.1) is 0 Å². The molecule has 1 saturated heterocycles. The van der Waals surface area contributed by atoms with E-state index in [1.807, 2.05) is 24.3 Å². The lowest BCUT2D eigenvalue weighted by Crippen LogP contribution is -2.41. The second kappa shape index (κ2) is 10.2. The average Bonchev–Trinajstić information content (AvgIpc) is 2.83. The zero-order valence-corrected chi connectivity index (χ0v) is 19.2. The fourth-order valence-corrected chi connectivity index (χ4v) is 6.00. The van der Waals surface area contributed by atoms with Crippen LogP contribution in [0.3, 0.4) is 0 Å². The van der Waals surface area contributed by atoms with Crippen molar-refractivity contribution < 1.29 is 22.0 Å². The van der Waals surface area contributed by atoms with Crippen LogP contribution in [0.4, 0.5) is 20.2 Å². The smallest absolute Gasteiger partial charge is 0.243 e. The van der Waals surface area contributed by atoms with Crippen molar-refractivity contribution in [2.75, 3.05) is 23.7 Å². The fraction of sp³-hybridized carbons (Fsp3) is 0.458. The van der Waals surface area contributed by atoms with Gasteiger partial charge in [0.25, 0.3) is 0 Å². The summed E-state index contributed by atoms with van der Waals surface area (Å²) in [4.78, 5) is 12.4. The van der Waals surface area contributed by atoms with Gasteiger partial charge in [0.15, 0.2) is 11.6 Å². The summed E-state index contributed by atoms with van der Waals surface area (Å²) in [6.07, 6.45) is 6.90. The number of carbonyl (C=O) groups is 1. The monoisotopic (exact) mass is 477 g/mol. The van der Waals surface area contributed by atoms with Crippen LogP contribution in [0.2, 0.25) is 0 Å². The molecule has 2 aromatic rings. The molecular formula is C24H29F2N3O3S. The maximum atomic E-state index is 13.5. The van der Waals surface area contributed by atoms with Crippen LogP contribution in [0.1, 0.15) is 44.9 Å².